The number of halogens is 2. The molecule has 0 spiro atoms. The van der Waals surface area contributed by atoms with Crippen molar-refractivity contribution in [2.75, 3.05) is 0 Å². The molecule has 2 rings (SSSR count). The van der Waals surface area contributed by atoms with E-state index in [4.69, 9.17) is 23.2 Å². The molecule has 1 amide bonds. The van der Waals surface area contributed by atoms with Crippen molar-refractivity contribution >= 4 is 29.1 Å². The molecule has 5 heteroatoms. The minimum atomic E-state index is -0.189. The maximum atomic E-state index is 11.9. The van der Waals surface area contributed by atoms with Crippen LogP contribution in [0.15, 0.2) is 42.7 Å². The highest BCUT2D eigenvalue weighted by molar-refractivity contribution is 6.42. The van der Waals surface area contributed by atoms with E-state index in [-0.39, 0.29) is 5.91 Å². The fraction of sp³-hybridized carbons (Fsp3) is 0.0769. The number of pyridine rings is 1. The molecule has 92 valence electrons. The Balaban J connectivity index is 2.02. The summed E-state index contributed by atoms with van der Waals surface area (Å²) in [5.74, 6) is -0.189. The molecule has 0 unspecified atom stereocenters. The second-order valence-corrected chi connectivity index (χ2v) is 4.48. The first-order chi connectivity index (χ1) is 8.66. The average Bonchev–Trinajstić information content (AvgIpc) is 2.40. The minimum Gasteiger partial charge on any atom is -0.348 e. The monoisotopic (exact) mass is 280 g/mol. The molecule has 2 aromatic rings. The van der Waals surface area contributed by atoms with Gasteiger partial charge < -0.3 is 5.32 Å². The normalized spacial score (nSPS) is 10.1. The summed E-state index contributed by atoms with van der Waals surface area (Å²) in [5, 5.41) is 3.59. The van der Waals surface area contributed by atoms with E-state index in [9.17, 15) is 4.79 Å². The van der Waals surface area contributed by atoms with Crippen molar-refractivity contribution in [1.29, 1.82) is 0 Å². The van der Waals surface area contributed by atoms with Gasteiger partial charge in [-0.05, 0) is 35.9 Å². The minimum absolute atomic E-state index is 0.189. The maximum absolute atomic E-state index is 11.9. The van der Waals surface area contributed by atoms with E-state index in [1.807, 2.05) is 12.1 Å². The highest BCUT2D eigenvalue weighted by atomic mass is 35.5. The van der Waals surface area contributed by atoms with Gasteiger partial charge in [-0.3, -0.25) is 9.78 Å². The molecule has 0 saturated heterocycles. The lowest BCUT2D eigenvalue weighted by molar-refractivity contribution is 0.0951. The highest BCUT2D eigenvalue weighted by Gasteiger charge is 2.07. The fourth-order valence-electron chi connectivity index (χ4n) is 1.42. The lowest BCUT2D eigenvalue weighted by Gasteiger charge is -2.06. The Kier molecular flexibility index (Phi) is 4.18. The van der Waals surface area contributed by atoms with Crippen LogP contribution in [-0.2, 0) is 6.54 Å². The Morgan fingerprint density at radius 3 is 2.50 bits per heavy atom. The van der Waals surface area contributed by atoms with Crippen LogP contribution in [0.5, 0.6) is 0 Å². The van der Waals surface area contributed by atoms with Gasteiger partial charge in [0.15, 0.2) is 0 Å². The molecule has 0 atom stereocenters. The second-order valence-electron chi connectivity index (χ2n) is 3.67. The van der Waals surface area contributed by atoms with Gasteiger partial charge in [0, 0.05) is 24.5 Å². The maximum Gasteiger partial charge on any atom is 0.251 e. The number of carbonyl (C=O) groups is 1. The first-order valence-electron chi connectivity index (χ1n) is 5.29. The quantitative estimate of drug-likeness (QED) is 0.937. The number of rotatable bonds is 3. The molecule has 1 N–H and O–H groups in total. The smallest absolute Gasteiger partial charge is 0.251 e. The molecule has 1 heterocycles. The topological polar surface area (TPSA) is 42.0 Å². The summed E-state index contributed by atoms with van der Waals surface area (Å²) in [4.78, 5) is 15.8. The van der Waals surface area contributed by atoms with Gasteiger partial charge >= 0.3 is 0 Å². The van der Waals surface area contributed by atoms with E-state index in [0.29, 0.717) is 22.2 Å². The van der Waals surface area contributed by atoms with Crippen LogP contribution in [0.4, 0.5) is 0 Å². The summed E-state index contributed by atoms with van der Waals surface area (Å²) < 4.78 is 0. The van der Waals surface area contributed by atoms with Crippen LogP contribution >= 0.6 is 23.2 Å². The number of amides is 1. The number of carbonyl (C=O) groups excluding carboxylic acids is 1. The van der Waals surface area contributed by atoms with Crippen LogP contribution in [0, 0.1) is 0 Å². The molecule has 0 aliphatic carbocycles. The number of aromatic nitrogens is 1. The van der Waals surface area contributed by atoms with Crippen molar-refractivity contribution in [1.82, 2.24) is 10.3 Å². The summed E-state index contributed by atoms with van der Waals surface area (Å²) >= 11 is 11.6. The zero-order chi connectivity index (χ0) is 13.0. The van der Waals surface area contributed by atoms with Crippen LogP contribution < -0.4 is 5.32 Å². The molecule has 0 saturated carbocycles. The molecular formula is C13H10Cl2N2O. The van der Waals surface area contributed by atoms with Crippen LogP contribution in [0.3, 0.4) is 0 Å². The number of hydrogen-bond acceptors (Lipinski definition) is 2. The fourth-order valence-corrected chi connectivity index (χ4v) is 1.72. The van der Waals surface area contributed by atoms with E-state index in [1.54, 1.807) is 30.6 Å². The summed E-state index contributed by atoms with van der Waals surface area (Å²) in [6.45, 7) is 0.446. The van der Waals surface area contributed by atoms with Gasteiger partial charge in [0.25, 0.3) is 5.91 Å². The zero-order valence-electron chi connectivity index (χ0n) is 9.36. The van der Waals surface area contributed by atoms with E-state index < -0.39 is 0 Å². The Morgan fingerprint density at radius 2 is 1.83 bits per heavy atom. The molecule has 1 aromatic carbocycles. The molecule has 18 heavy (non-hydrogen) atoms. The van der Waals surface area contributed by atoms with Gasteiger partial charge in [-0.1, -0.05) is 23.2 Å². The van der Waals surface area contributed by atoms with Gasteiger partial charge in [-0.15, -0.1) is 0 Å². The highest BCUT2D eigenvalue weighted by Crippen LogP contribution is 2.22. The Morgan fingerprint density at radius 1 is 1.11 bits per heavy atom. The van der Waals surface area contributed by atoms with Crippen molar-refractivity contribution in [2.24, 2.45) is 0 Å². The second kappa shape index (κ2) is 5.85. The molecule has 0 aliphatic heterocycles. The summed E-state index contributed by atoms with van der Waals surface area (Å²) in [5.41, 5.74) is 1.47. The van der Waals surface area contributed by atoms with Gasteiger partial charge in [0.05, 0.1) is 10.0 Å². The summed E-state index contributed by atoms with van der Waals surface area (Å²) in [7, 11) is 0. The first-order valence-corrected chi connectivity index (χ1v) is 6.04. The lowest BCUT2D eigenvalue weighted by Crippen LogP contribution is -2.22. The predicted molar refractivity (Wildman–Crippen MR) is 71.9 cm³/mol. The van der Waals surface area contributed by atoms with Crippen LogP contribution in [0.1, 0.15) is 15.9 Å². The van der Waals surface area contributed by atoms with Crippen LogP contribution in [0.25, 0.3) is 0 Å². The van der Waals surface area contributed by atoms with E-state index in [0.717, 1.165) is 5.56 Å². The standard InChI is InChI=1S/C13H10Cl2N2O/c14-11-2-1-10(7-12(11)15)13(18)17-8-9-3-5-16-6-4-9/h1-7H,8H2,(H,17,18). The number of benzene rings is 1. The molecule has 3 nitrogen and oxygen atoms in total. The largest absolute Gasteiger partial charge is 0.348 e. The van der Waals surface area contributed by atoms with Gasteiger partial charge in [-0.25, -0.2) is 0 Å². The van der Waals surface area contributed by atoms with Crippen molar-refractivity contribution in [3.63, 3.8) is 0 Å². The SMILES string of the molecule is O=C(NCc1ccncc1)c1ccc(Cl)c(Cl)c1. The van der Waals surface area contributed by atoms with Crippen molar-refractivity contribution in [3.8, 4) is 0 Å². The van der Waals surface area contributed by atoms with Gasteiger partial charge in [0.2, 0.25) is 0 Å². The van der Waals surface area contributed by atoms with E-state index in [1.165, 1.54) is 0 Å². The summed E-state index contributed by atoms with van der Waals surface area (Å²) in [6.07, 6.45) is 3.36. The predicted octanol–water partition coefficient (Wildman–Crippen LogP) is 3.32. The molecule has 0 aliphatic rings. The zero-order valence-corrected chi connectivity index (χ0v) is 10.9. The third-order valence-electron chi connectivity index (χ3n) is 2.38. The van der Waals surface area contributed by atoms with Crippen molar-refractivity contribution in [3.05, 3.63) is 63.9 Å². The van der Waals surface area contributed by atoms with E-state index in [2.05, 4.69) is 10.3 Å². The number of hydrogen-bond donors (Lipinski definition) is 1. The molecule has 0 bridgehead atoms. The average molecular weight is 281 g/mol. The first kappa shape index (κ1) is 12.9. The third-order valence-corrected chi connectivity index (χ3v) is 3.12. The lowest BCUT2D eigenvalue weighted by atomic mass is 10.2. The molecular weight excluding hydrogens is 271 g/mol. The van der Waals surface area contributed by atoms with Crippen molar-refractivity contribution in [2.45, 2.75) is 6.54 Å². The van der Waals surface area contributed by atoms with Crippen LogP contribution in [-0.4, -0.2) is 10.9 Å². The number of nitrogens with zero attached hydrogens (tertiary/aromatic N) is 1. The van der Waals surface area contributed by atoms with Crippen LogP contribution in [0.2, 0.25) is 10.0 Å². The number of nitrogens with one attached hydrogen (secondary N) is 1. The third kappa shape index (κ3) is 3.22. The molecule has 0 fully saturated rings. The van der Waals surface area contributed by atoms with Gasteiger partial charge in [-0.2, -0.15) is 0 Å². The van der Waals surface area contributed by atoms with Crippen molar-refractivity contribution < 1.29 is 4.79 Å². The molecule has 1 aromatic heterocycles. The summed E-state index contributed by atoms with van der Waals surface area (Å²) in [6, 6.07) is 8.47. The van der Waals surface area contributed by atoms with E-state index >= 15 is 0 Å². The Hall–Kier alpha value is -1.58. The molecule has 0 radical (unpaired) electrons. The van der Waals surface area contributed by atoms with Gasteiger partial charge in [0.1, 0.15) is 0 Å². The Bertz CT molecular complexity index is 558. The Labute approximate surface area is 115 Å².